The number of aromatic nitrogens is 3. The quantitative estimate of drug-likeness (QED) is 0.789. The van der Waals surface area contributed by atoms with E-state index in [1.54, 1.807) is 0 Å². The van der Waals surface area contributed by atoms with Crippen molar-refractivity contribution in [3.8, 4) is 5.88 Å². The number of halogens is 4. The van der Waals surface area contributed by atoms with Gasteiger partial charge in [0.05, 0.1) is 22.1 Å². The van der Waals surface area contributed by atoms with E-state index < -0.39 is 18.7 Å². The molecule has 0 radical (unpaired) electrons. The van der Waals surface area contributed by atoms with Gasteiger partial charge < -0.3 is 10.1 Å². The summed E-state index contributed by atoms with van der Waals surface area (Å²) in [5.74, 6) is -0.510. The molecule has 2 N–H and O–H groups in total. The number of nitrogens with zero attached hydrogens (tertiary/aromatic N) is 2. The molecule has 24 heavy (non-hydrogen) atoms. The van der Waals surface area contributed by atoms with Crippen LogP contribution >= 0.6 is 15.9 Å². The van der Waals surface area contributed by atoms with E-state index in [1.165, 1.54) is 18.3 Å². The molecule has 2 aromatic rings. The zero-order valence-corrected chi connectivity index (χ0v) is 14.3. The van der Waals surface area contributed by atoms with Gasteiger partial charge in [0.1, 0.15) is 0 Å². The number of alkyl halides is 3. The van der Waals surface area contributed by atoms with Gasteiger partial charge in [0.25, 0.3) is 5.91 Å². The Morgan fingerprint density at radius 3 is 2.62 bits per heavy atom. The van der Waals surface area contributed by atoms with E-state index >= 15 is 0 Å². The fourth-order valence-corrected chi connectivity index (χ4v) is 2.58. The molecule has 1 amide bonds. The number of H-pyrrole nitrogens is 1. The second-order valence-electron chi connectivity index (χ2n) is 5.20. The molecule has 0 aromatic carbocycles. The van der Waals surface area contributed by atoms with Crippen LogP contribution in [0.2, 0.25) is 0 Å². The summed E-state index contributed by atoms with van der Waals surface area (Å²) in [6.45, 7) is 2.47. The summed E-state index contributed by atoms with van der Waals surface area (Å²) in [5.41, 5.74) is 1.27. The van der Waals surface area contributed by atoms with Crippen LogP contribution in [-0.2, 0) is 0 Å². The molecule has 0 bridgehead atoms. The van der Waals surface area contributed by atoms with Crippen molar-refractivity contribution in [3.05, 3.63) is 34.2 Å². The summed E-state index contributed by atoms with van der Waals surface area (Å²) < 4.78 is 41.2. The first kappa shape index (κ1) is 18.2. The molecule has 2 heterocycles. The highest BCUT2D eigenvalue weighted by Gasteiger charge is 2.28. The lowest BCUT2D eigenvalue weighted by Crippen LogP contribution is -2.19. The maximum Gasteiger partial charge on any atom is 0.422 e. The van der Waals surface area contributed by atoms with Gasteiger partial charge in [-0.2, -0.15) is 18.3 Å². The number of nitrogens with one attached hydrogen (secondary N) is 2. The van der Waals surface area contributed by atoms with Crippen LogP contribution in [0.4, 0.5) is 18.9 Å². The monoisotopic (exact) mass is 406 g/mol. The van der Waals surface area contributed by atoms with Gasteiger partial charge in [-0.05, 0) is 27.9 Å². The molecule has 6 nitrogen and oxygen atoms in total. The van der Waals surface area contributed by atoms with E-state index in [0.717, 1.165) is 5.69 Å². The van der Waals surface area contributed by atoms with Crippen LogP contribution in [-0.4, -0.2) is 33.9 Å². The lowest BCUT2D eigenvalue weighted by molar-refractivity contribution is -0.154. The molecule has 0 unspecified atom stereocenters. The summed E-state index contributed by atoms with van der Waals surface area (Å²) in [6, 6.07) is 2.63. The van der Waals surface area contributed by atoms with E-state index in [4.69, 9.17) is 0 Å². The summed E-state index contributed by atoms with van der Waals surface area (Å²) in [4.78, 5) is 15.9. The van der Waals surface area contributed by atoms with Crippen LogP contribution in [0.3, 0.4) is 0 Å². The highest BCUT2D eigenvalue weighted by molar-refractivity contribution is 9.10. The third-order valence-electron chi connectivity index (χ3n) is 2.90. The zero-order chi connectivity index (χ0) is 17.9. The molecule has 0 saturated heterocycles. The molecule has 2 rings (SSSR count). The number of pyridine rings is 1. The predicted molar refractivity (Wildman–Crippen MR) is 84.1 cm³/mol. The third kappa shape index (κ3) is 4.70. The number of carbonyl (C=O) groups is 1. The maximum atomic E-state index is 12.2. The van der Waals surface area contributed by atoms with Crippen molar-refractivity contribution >= 4 is 27.5 Å². The van der Waals surface area contributed by atoms with E-state index in [0.29, 0.717) is 10.2 Å². The smallest absolute Gasteiger partial charge is 0.422 e. The van der Waals surface area contributed by atoms with E-state index in [2.05, 4.69) is 41.2 Å². The van der Waals surface area contributed by atoms with Gasteiger partial charge in [-0.1, -0.05) is 13.8 Å². The van der Waals surface area contributed by atoms with Gasteiger partial charge in [0, 0.05) is 6.07 Å². The number of hydrogen-bond acceptors (Lipinski definition) is 4. The van der Waals surface area contributed by atoms with Crippen molar-refractivity contribution in [3.63, 3.8) is 0 Å². The van der Waals surface area contributed by atoms with Gasteiger partial charge in [-0.25, -0.2) is 4.98 Å². The summed E-state index contributed by atoms with van der Waals surface area (Å²) in [6.07, 6.45) is -3.23. The average molecular weight is 407 g/mol. The molecular weight excluding hydrogens is 393 g/mol. The fourth-order valence-electron chi connectivity index (χ4n) is 1.76. The Balaban J connectivity index is 2.02. The second kappa shape index (κ2) is 7.20. The summed E-state index contributed by atoms with van der Waals surface area (Å²) >= 11 is 3.32. The van der Waals surface area contributed by atoms with Gasteiger partial charge in [-0.15, -0.1) is 0 Å². The lowest BCUT2D eigenvalue weighted by Gasteiger charge is -2.09. The van der Waals surface area contributed by atoms with E-state index in [1.807, 2.05) is 13.8 Å². The van der Waals surface area contributed by atoms with Crippen LogP contribution in [0.15, 0.2) is 22.8 Å². The molecule has 130 valence electrons. The Morgan fingerprint density at radius 1 is 1.42 bits per heavy atom. The minimum Gasteiger partial charge on any atom is -0.468 e. The maximum absolute atomic E-state index is 12.2. The predicted octanol–water partition coefficient (Wildman–Crippen LogP) is 3.88. The number of ether oxygens (including phenoxy) is 1. The molecule has 0 atom stereocenters. The molecule has 0 aliphatic rings. The number of rotatable bonds is 5. The lowest BCUT2D eigenvalue weighted by atomic mass is 10.1. The summed E-state index contributed by atoms with van der Waals surface area (Å²) in [5, 5.41) is 9.29. The van der Waals surface area contributed by atoms with Gasteiger partial charge in [0.15, 0.2) is 12.3 Å². The van der Waals surface area contributed by atoms with Crippen LogP contribution in [0.25, 0.3) is 0 Å². The van der Waals surface area contributed by atoms with E-state index in [-0.39, 0.29) is 17.5 Å². The number of hydrogen-bond donors (Lipinski definition) is 2. The summed E-state index contributed by atoms with van der Waals surface area (Å²) in [7, 11) is 0. The molecule has 0 aliphatic carbocycles. The van der Waals surface area contributed by atoms with Crippen molar-refractivity contribution in [1.82, 2.24) is 15.2 Å². The highest BCUT2D eigenvalue weighted by Crippen LogP contribution is 2.26. The Hall–Kier alpha value is -2.10. The minimum absolute atomic E-state index is 0.153. The zero-order valence-electron chi connectivity index (χ0n) is 12.7. The second-order valence-corrected chi connectivity index (χ2v) is 5.99. The SMILES string of the molecule is CC(C)c1[nH]nc(C(=O)Nc2ccc(OCC(F)(F)F)nc2)c1Br. The van der Waals surface area contributed by atoms with Gasteiger partial charge in [0.2, 0.25) is 5.88 Å². The number of amides is 1. The third-order valence-corrected chi connectivity index (χ3v) is 3.71. The Kier molecular flexibility index (Phi) is 5.47. The van der Waals surface area contributed by atoms with Crippen molar-refractivity contribution in [1.29, 1.82) is 0 Å². The Morgan fingerprint density at radius 2 is 2.12 bits per heavy atom. The Bertz CT molecular complexity index is 714. The largest absolute Gasteiger partial charge is 0.468 e. The molecule has 0 saturated carbocycles. The molecule has 10 heteroatoms. The molecule has 0 fully saturated rings. The molecular formula is C14H14BrF3N4O2. The highest BCUT2D eigenvalue weighted by atomic mass is 79.9. The average Bonchev–Trinajstić information content (AvgIpc) is 2.87. The number of carbonyl (C=O) groups excluding carboxylic acids is 1. The first-order valence-electron chi connectivity index (χ1n) is 6.88. The van der Waals surface area contributed by atoms with Crippen molar-refractivity contribution in [2.75, 3.05) is 11.9 Å². The van der Waals surface area contributed by atoms with Crippen molar-refractivity contribution in [2.24, 2.45) is 0 Å². The first-order chi connectivity index (χ1) is 11.2. The van der Waals surface area contributed by atoms with E-state index in [9.17, 15) is 18.0 Å². The topological polar surface area (TPSA) is 79.9 Å². The molecule has 2 aromatic heterocycles. The van der Waals surface area contributed by atoms with Gasteiger partial charge in [-0.3, -0.25) is 9.89 Å². The van der Waals surface area contributed by atoms with Crippen molar-refractivity contribution < 1.29 is 22.7 Å². The molecule has 0 spiro atoms. The van der Waals surface area contributed by atoms with Crippen LogP contribution in [0.5, 0.6) is 5.88 Å². The first-order valence-corrected chi connectivity index (χ1v) is 7.67. The fraction of sp³-hybridized carbons (Fsp3) is 0.357. The van der Waals surface area contributed by atoms with Gasteiger partial charge >= 0.3 is 6.18 Å². The number of aromatic amines is 1. The van der Waals surface area contributed by atoms with Crippen molar-refractivity contribution in [2.45, 2.75) is 25.9 Å². The minimum atomic E-state index is -4.44. The number of anilines is 1. The standard InChI is InChI=1S/C14H14BrF3N4O2/c1-7(2)11-10(15)12(22-21-11)13(23)20-8-3-4-9(19-5-8)24-6-14(16,17)18/h3-5,7H,6H2,1-2H3,(H,20,23)(H,21,22). The van der Waals surface area contributed by atoms with Crippen LogP contribution in [0.1, 0.15) is 35.9 Å². The molecule has 0 aliphatic heterocycles. The van der Waals surface area contributed by atoms with Crippen LogP contribution < -0.4 is 10.1 Å². The van der Waals surface area contributed by atoms with Crippen LogP contribution in [0, 0.1) is 0 Å². The Labute approximate surface area is 143 Å². The normalized spacial score (nSPS) is 11.6.